The third kappa shape index (κ3) is 8.15. The second-order valence-electron chi connectivity index (χ2n) is 5.39. The zero-order valence-corrected chi connectivity index (χ0v) is 15.0. The first-order chi connectivity index (χ1) is 12.2. The molecular formula is C16H21F3N4O2S. The van der Waals surface area contributed by atoms with E-state index >= 15 is 0 Å². The van der Waals surface area contributed by atoms with Gasteiger partial charge < -0.3 is 10.6 Å². The van der Waals surface area contributed by atoms with Crippen LogP contribution in [-0.4, -0.2) is 30.0 Å². The molecule has 1 rings (SSSR count). The minimum absolute atomic E-state index is 0.0203. The number of benzene rings is 1. The number of hydrogen-bond donors (Lipinski definition) is 4. The number of amides is 2. The number of carbonyl (C=O) groups excluding carboxylic acids is 2. The number of hydrazine groups is 1. The van der Waals surface area contributed by atoms with Gasteiger partial charge in [-0.15, -0.1) is 0 Å². The Morgan fingerprint density at radius 3 is 2.27 bits per heavy atom. The number of halogens is 3. The molecule has 6 nitrogen and oxygen atoms in total. The third-order valence-corrected chi connectivity index (χ3v) is 3.51. The normalized spacial score (nSPS) is 10.8. The van der Waals surface area contributed by atoms with Crippen molar-refractivity contribution in [2.75, 3.05) is 13.1 Å². The number of nitrogens with one attached hydrogen (secondary N) is 4. The number of thiocarbonyl (C=S) groups is 1. The molecule has 1 aromatic rings. The van der Waals surface area contributed by atoms with Gasteiger partial charge >= 0.3 is 6.18 Å². The molecule has 0 atom stereocenters. The van der Waals surface area contributed by atoms with E-state index in [4.69, 9.17) is 12.2 Å². The summed E-state index contributed by atoms with van der Waals surface area (Å²) in [5.41, 5.74) is 3.96. The molecule has 0 aliphatic carbocycles. The maximum atomic E-state index is 12.5. The van der Waals surface area contributed by atoms with Crippen LogP contribution in [0.1, 0.15) is 42.1 Å². The summed E-state index contributed by atoms with van der Waals surface area (Å²) in [6, 6.07) is 3.70. The van der Waals surface area contributed by atoms with E-state index in [2.05, 4.69) is 28.4 Å². The van der Waals surface area contributed by atoms with E-state index in [9.17, 15) is 22.8 Å². The lowest BCUT2D eigenvalue weighted by Gasteiger charge is -2.12. The predicted molar refractivity (Wildman–Crippen MR) is 95.2 cm³/mol. The fraction of sp³-hybridized carbons (Fsp3) is 0.438. The molecule has 1 aromatic carbocycles. The second kappa shape index (κ2) is 10.6. The summed E-state index contributed by atoms with van der Waals surface area (Å²) in [7, 11) is 0. The maximum absolute atomic E-state index is 12.5. The Morgan fingerprint density at radius 1 is 1.04 bits per heavy atom. The average molecular weight is 390 g/mol. The summed E-state index contributed by atoms with van der Waals surface area (Å²) in [5, 5.41) is 5.47. The van der Waals surface area contributed by atoms with Gasteiger partial charge in [-0.25, -0.2) is 0 Å². The molecular weight excluding hydrogens is 369 g/mol. The van der Waals surface area contributed by atoms with Gasteiger partial charge in [0.05, 0.1) is 12.1 Å². The molecule has 4 N–H and O–H groups in total. The molecule has 0 bridgehead atoms. The highest BCUT2D eigenvalue weighted by Crippen LogP contribution is 2.28. The highest BCUT2D eigenvalue weighted by atomic mass is 32.1. The van der Waals surface area contributed by atoms with E-state index in [1.807, 2.05) is 0 Å². The average Bonchev–Trinajstić information content (AvgIpc) is 2.61. The molecule has 0 unspecified atom stereocenters. The van der Waals surface area contributed by atoms with E-state index < -0.39 is 23.6 Å². The van der Waals surface area contributed by atoms with E-state index in [0.717, 1.165) is 43.5 Å². The van der Waals surface area contributed by atoms with Crippen molar-refractivity contribution >= 4 is 29.1 Å². The lowest BCUT2D eigenvalue weighted by atomic mass is 10.1. The summed E-state index contributed by atoms with van der Waals surface area (Å²) >= 11 is 4.96. The Labute approximate surface area is 154 Å². The fourth-order valence-electron chi connectivity index (χ4n) is 1.86. The van der Waals surface area contributed by atoms with Gasteiger partial charge in [0.25, 0.3) is 11.8 Å². The van der Waals surface area contributed by atoms with Crippen LogP contribution >= 0.6 is 12.2 Å². The monoisotopic (exact) mass is 390 g/mol. The van der Waals surface area contributed by atoms with Crippen LogP contribution < -0.4 is 21.5 Å². The molecule has 0 fully saturated rings. The van der Waals surface area contributed by atoms with Crippen LogP contribution in [0.2, 0.25) is 0 Å². The molecule has 10 heteroatoms. The van der Waals surface area contributed by atoms with E-state index in [1.54, 1.807) is 0 Å². The van der Waals surface area contributed by atoms with E-state index in [1.165, 1.54) is 0 Å². The molecule has 26 heavy (non-hydrogen) atoms. The van der Waals surface area contributed by atoms with Gasteiger partial charge in [0.15, 0.2) is 5.11 Å². The molecule has 2 amide bonds. The van der Waals surface area contributed by atoms with Gasteiger partial charge in [-0.1, -0.05) is 19.8 Å². The maximum Gasteiger partial charge on any atom is 0.416 e. The molecule has 0 aliphatic rings. The van der Waals surface area contributed by atoms with Gasteiger partial charge in [0.2, 0.25) is 0 Å². The number of unbranched alkanes of at least 4 members (excludes halogenated alkanes) is 2. The van der Waals surface area contributed by atoms with Crippen LogP contribution in [0.3, 0.4) is 0 Å². The number of hydrogen-bond acceptors (Lipinski definition) is 3. The van der Waals surface area contributed by atoms with Crippen molar-refractivity contribution in [2.45, 2.75) is 32.4 Å². The molecule has 0 heterocycles. The molecule has 144 valence electrons. The Bertz CT molecular complexity index is 621. The summed E-state index contributed by atoms with van der Waals surface area (Å²) in [6.45, 7) is 2.40. The second-order valence-corrected chi connectivity index (χ2v) is 5.80. The Kier molecular flexibility index (Phi) is 8.83. The first-order valence-electron chi connectivity index (χ1n) is 8.02. The third-order valence-electron chi connectivity index (χ3n) is 3.27. The van der Waals surface area contributed by atoms with Gasteiger partial charge in [0, 0.05) is 12.1 Å². The summed E-state index contributed by atoms with van der Waals surface area (Å²) in [6.07, 6.45) is -1.37. The van der Waals surface area contributed by atoms with Gasteiger partial charge in [-0.05, 0) is 42.9 Å². The van der Waals surface area contributed by atoms with Crippen LogP contribution in [0.5, 0.6) is 0 Å². The molecule has 0 aliphatic heterocycles. The van der Waals surface area contributed by atoms with Crippen LogP contribution in [-0.2, 0) is 11.0 Å². The Morgan fingerprint density at radius 2 is 1.69 bits per heavy atom. The zero-order valence-electron chi connectivity index (χ0n) is 14.2. The van der Waals surface area contributed by atoms with Crippen molar-refractivity contribution in [1.29, 1.82) is 0 Å². The molecule has 0 aromatic heterocycles. The van der Waals surface area contributed by atoms with Crippen molar-refractivity contribution in [3.05, 3.63) is 35.4 Å². The van der Waals surface area contributed by atoms with Crippen LogP contribution in [0.15, 0.2) is 24.3 Å². The number of alkyl halides is 3. The first-order valence-corrected chi connectivity index (χ1v) is 8.43. The van der Waals surface area contributed by atoms with Crippen molar-refractivity contribution in [3.8, 4) is 0 Å². The Balaban J connectivity index is 2.31. The van der Waals surface area contributed by atoms with Crippen molar-refractivity contribution in [3.63, 3.8) is 0 Å². The zero-order chi connectivity index (χ0) is 19.6. The molecule has 0 saturated heterocycles. The highest BCUT2D eigenvalue weighted by molar-refractivity contribution is 7.80. The summed E-state index contributed by atoms with van der Waals surface area (Å²) < 4.78 is 37.4. The fourth-order valence-corrected chi connectivity index (χ4v) is 2.02. The molecule has 0 radical (unpaired) electrons. The van der Waals surface area contributed by atoms with E-state index in [-0.39, 0.29) is 17.2 Å². The largest absolute Gasteiger partial charge is 0.416 e. The van der Waals surface area contributed by atoms with Crippen molar-refractivity contribution in [2.24, 2.45) is 0 Å². The minimum Gasteiger partial charge on any atom is -0.361 e. The lowest BCUT2D eigenvalue weighted by Crippen LogP contribution is -2.49. The van der Waals surface area contributed by atoms with Gasteiger partial charge in [0.1, 0.15) is 0 Å². The van der Waals surface area contributed by atoms with Crippen molar-refractivity contribution < 1.29 is 22.8 Å². The number of rotatable bonds is 7. The van der Waals surface area contributed by atoms with Gasteiger partial charge in [-0.3, -0.25) is 20.4 Å². The SMILES string of the molecule is CCCCCNC(=S)NNC(=O)CNC(=O)c1ccc(C(F)(F)F)cc1. The van der Waals surface area contributed by atoms with Crippen molar-refractivity contribution in [1.82, 2.24) is 21.5 Å². The molecule has 0 saturated carbocycles. The lowest BCUT2D eigenvalue weighted by molar-refractivity contribution is -0.137. The van der Waals surface area contributed by atoms with Gasteiger partial charge in [-0.2, -0.15) is 13.2 Å². The number of carbonyl (C=O) groups is 2. The first kappa shape index (κ1) is 21.7. The van der Waals surface area contributed by atoms with E-state index in [0.29, 0.717) is 6.54 Å². The smallest absolute Gasteiger partial charge is 0.361 e. The van der Waals surface area contributed by atoms with Crippen LogP contribution in [0.25, 0.3) is 0 Å². The topological polar surface area (TPSA) is 82.3 Å². The van der Waals surface area contributed by atoms with Crippen LogP contribution in [0.4, 0.5) is 13.2 Å². The highest BCUT2D eigenvalue weighted by Gasteiger charge is 2.30. The Hall–Kier alpha value is -2.36. The predicted octanol–water partition coefficient (Wildman–Crippen LogP) is 2.12. The quantitative estimate of drug-likeness (QED) is 0.326. The van der Waals surface area contributed by atoms with Crippen LogP contribution in [0, 0.1) is 0 Å². The standard InChI is InChI=1S/C16H21F3N4O2S/c1-2-3-4-9-20-15(26)23-22-13(24)10-21-14(25)11-5-7-12(8-6-11)16(17,18)19/h5-8H,2-4,9-10H2,1H3,(H,21,25)(H,22,24)(H2,20,23,26). The summed E-state index contributed by atoms with van der Waals surface area (Å²) in [4.78, 5) is 23.4. The summed E-state index contributed by atoms with van der Waals surface area (Å²) in [5.74, 6) is -1.21. The molecule has 0 spiro atoms. The minimum atomic E-state index is -4.47.